The van der Waals surface area contributed by atoms with Crippen molar-refractivity contribution < 1.29 is 4.79 Å². The monoisotopic (exact) mass is 146 g/mol. The highest BCUT2D eigenvalue weighted by Gasteiger charge is 1.90. The Hall–Kier alpha value is -1.37. The number of carbonyl (C=O) groups excluding carboxylic acids is 1. The van der Waals surface area contributed by atoms with Crippen LogP contribution in [0, 0.1) is 0 Å². The summed E-state index contributed by atoms with van der Waals surface area (Å²) in [7, 11) is 0. The molecule has 0 saturated carbocycles. The van der Waals surface area contributed by atoms with Gasteiger partial charge in [-0.05, 0) is 11.1 Å². The quantitative estimate of drug-likeness (QED) is 0.596. The first kappa shape index (κ1) is 7.73. The minimum Gasteiger partial charge on any atom is -0.303 e. The normalized spacial score (nSPS) is 9.09. The Morgan fingerprint density at radius 2 is 2.27 bits per heavy atom. The Morgan fingerprint density at radius 1 is 1.45 bits per heavy atom. The minimum atomic E-state index is 0.488. The van der Waals surface area contributed by atoms with Crippen LogP contribution in [0.3, 0.4) is 0 Å². The molecule has 0 aliphatic carbocycles. The average Bonchev–Trinajstić information content (AvgIpc) is 2.06. The molecule has 0 N–H and O–H groups in total. The zero-order chi connectivity index (χ0) is 8.10. The molecule has 1 aromatic rings. The zero-order valence-corrected chi connectivity index (χ0v) is 6.29. The third-order valence-corrected chi connectivity index (χ3v) is 1.51. The molecule has 0 bridgehead atoms. The molecule has 11 heavy (non-hydrogen) atoms. The second-order valence-electron chi connectivity index (χ2n) is 2.32. The molecule has 0 unspecified atom stereocenters. The molecule has 0 spiro atoms. The van der Waals surface area contributed by atoms with Crippen molar-refractivity contribution in [3.8, 4) is 0 Å². The van der Waals surface area contributed by atoms with Crippen molar-refractivity contribution in [2.75, 3.05) is 0 Å². The molecule has 1 heteroatoms. The fourth-order valence-corrected chi connectivity index (χ4v) is 0.943. The van der Waals surface area contributed by atoms with Crippen LogP contribution in [0.2, 0.25) is 0 Å². The number of aldehydes is 1. The van der Waals surface area contributed by atoms with Crippen molar-refractivity contribution in [2.24, 2.45) is 0 Å². The highest BCUT2D eigenvalue weighted by Crippen LogP contribution is 2.05. The first-order valence-corrected chi connectivity index (χ1v) is 3.52. The summed E-state index contributed by atoms with van der Waals surface area (Å²) in [5, 5.41) is 0. The van der Waals surface area contributed by atoms with Gasteiger partial charge in [0.25, 0.3) is 0 Å². The van der Waals surface area contributed by atoms with E-state index >= 15 is 0 Å². The van der Waals surface area contributed by atoms with Crippen molar-refractivity contribution in [1.82, 2.24) is 0 Å². The summed E-state index contributed by atoms with van der Waals surface area (Å²) in [6.45, 7) is 3.64. The molecule has 0 aliphatic heterocycles. The smallest absolute Gasteiger partial charge is 0.124 e. The molecule has 0 atom stereocenters. The summed E-state index contributed by atoms with van der Waals surface area (Å²) in [6.07, 6.45) is 3.16. The second-order valence-corrected chi connectivity index (χ2v) is 2.32. The van der Waals surface area contributed by atoms with Gasteiger partial charge in [0, 0.05) is 6.42 Å². The maximum atomic E-state index is 10.1. The lowest BCUT2D eigenvalue weighted by molar-refractivity contribution is -0.107. The van der Waals surface area contributed by atoms with Gasteiger partial charge >= 0.3 is 0 Å². The molecular weight excluding hydrogens is 136 g/mol. The van der Waals surface area contributed by atoms with E-state index in [0.717, 1.165) is 17.4 Å². The summed E-state index contributed by atoms with van der Waals surface area (Å²) < 4.78 is 0. The molecule has 0 fully saturated rings. The first-order chi connectivity index (χ1) is 5.36. The van der Waals surface area contributed by atoms with Crippen LogP contribution in [-0.4, -0.2) is 6.29 Å². The molecule has 0 aliphatic rings. The Kier molecular flexibility index (Phi) is 2.61. The second kappa shape index (κ2) is 3.71. The largest absolute Gasteiger partial charge is 0.303 e. The van der Waals surface area contributed by atoms with Crippen molar-refractivity contribution in [3.63, 3.8) is 0 Å². The third-order valence-electron chi connectivity index (χ3n) is 1.51. The lowest BCUT2D eigenvalue weighted by Crippen LogP contribution is -1.85. The highest BCUT2D eigenvalue weighted by molar-refractivity contribution is 5.57. The van der Waals surface area contributed by atoms with Crippen LogP contribution in [0.4, 0.5) is 0 Å². The van der Waals surface area contributed by atoms with Gasteiger partial charge < -0.3 is 4.79 Å². The lowest BCUT2D eigenvalue weighted by Gasteiger charge is -1.95. The maximum Gasteiger partial charge on any atom is 0.124 e. The van der Waals surface area contributed by atoms with E-state index in [1.54, 1.807) is 6.08 Å². The zero-order valence-electron chi connectivity index (χ0n) is 6.29. The fraction of sp³-hybridized carbons (Fsp3) is 0.100. The SMILES string of the molecule is C=Cc1cccc(CC=O)c1. The van der Waals surface area contributed by atoms with Crippen LogP contribution in [-0.2, 0) is 11.2 Å². The van der Waals surface area contributed by atoms with Crippen LogP contribution in [0.15, 0.2) is 30.8 Å². The Morgan fingerprint density at radius 3 is 2.91 bits per heavy atom. The van der Waals surface area contributed by atoms with Gasteiger partial charge in [-0.2, -0.15) is 0 Å². The molecule has 1 rings (SSSR count). The minimum absolute atomic E-state index is 0.488. The molecule has 0 saturated heterocycles. The van der Waals surface area contributed by atoms with E-state index < -0.39 is 0 Å². The average molecular weight is 146 g/mol. The van der Waals surface area contributed by atoms with Gasteiger partial charge in [0.1, 0.15) is 6.29 Å². The van der Waals surface area contributed by atoms with Crippen molar-refractivity contribution in [3.05, 3.63) is 42.0 Å². The van der Waals surface area contributed by atoms with Crippen LogP contribution in [0.25, 0.3) is 6.08 Å². The van der Waals surface area contributed by atoms with Gasteiger partial charge in [-0.3, -0.25) is 0 Å². The third kappa shape index (κ3) is 2.04. The van der Waals surface area contributed by atoms with E-state index in [2.05, 4.69) is 6.58 Å². The highest BCUT2D eigenvalue weighted by atomic mass is 16.1. The van der Waals surface area contributed by atoms with Crippen molar-refractivity contribution in [1.29, 1.82) is 0 Å². The maximum absolute atomic E-state index is 10.1. The Labute approximate surface area is 66.4 Å². The van der Waals surface area contributed by atoms with E-state index in [0.29, 0.717) is 6.42 Å². The molecule has 0 aromatic heterocycles. The number of carbonyl (C=O) groups is 1. The van der Waals surface area contributed by atoms with E-state index in [-0.39, 0.29) is 0 Å². The molecule has 0 amide bonds. The van der Waals surface area contributed by atoms with Gasteiger partial charge in [0.15, 0.2) is 0 Å². The van der Waals surface area contributed by atoms with E-state index in [9.17, 15) is 4.79 Å². The van der Waals surface area contributed by atoms with E-state index in [1.165, 1.54) is 0 Å². The summed E-state index contributed by atoms with van der Waals surface area (Å²) >= 11 is 0. The van der Waals surface area contributed by atoms with Crippen LogP contribution < -0.4 is 0 Å². The lowest BCUT2D eigenvalue weighted by atomic mass is 10.1. The molecule has 0 heterocycles. The van der Waals surface area contributed by atoms with Crippen LogP contribution in [0.1, 0.15) is 11.1 Å². The van der Waals surface area contributed by atoms with E-state index in [1.807, 2.05) is 24.3 Å². The van der Waals surface area contributed by atoms with Crippen LogP contribution in [0.5, 0.6) is 0 Å². The van der Waals surface area contributed by atoms with Gasteiger partial charge in [-0.25, -0.2) is 0 Å². The summed E-state index contributed by atoms with van der Waals surface area (Å²) in [6, 6.07) is 7.78. The fourth-order valence-electron chi connectivity index (χ4n) is 0.943. The van der Waals surface area contributed by atoms with Crippen molar-refractivity contribution >= 4 is 12.4 Å². The predicted octanol–water partition coefficient (Wildman–Crippen LogP) is 2.07. The molecule has 0 radical (unpaired) electrons. The molecular formula is C10H10O. The summed E-state index contributed by atoms with van der Waals surface area (Å²) in [5.41, 5.74) is 2.10. The topological polar surface area (TPSA) is 17.1 Å². The Balaban J connectivity index is 2.90. The van der Waals surface area contributed by atoms with Crippen molar-refractivity contribution in [2.45, 2.75) is 6.42 Å². The Bertz CT molecular complexity index is 263. The first-order valence-electron chi connectivity index (χ1n) is 3.52. The standard InChI is InChI=1S/C10H10O/c1-2-9-4-3-5-10(8-9)6-7-11/h2-5,7-8H,1,6H2. The van der Waals surface area contributed by atoms with Crippen LogP contribution >= 0.6 is 0 Å². The van der Waals surface area contributed by atoms with Gasteiger partial charge in [0.05, 0.1) is 0 Å². The number of rotatable bonds is 3. The molecule has 56 valence electrons. The van der Waals surface area contributed by atoms with Gasteiger partial charge in [-0.15, -0.1) is 0 Å². The van der Waals surface area contributed by atoms with Gasteiger partial charge in [-0.1, -0.05) is 36.9 Å². The number of benzene rings is 1. The summed E-state index contributed by atoms with van der Waals surface area (Å²) in [4.78, 5) is 10.1. The van der Waals surface area contributed by atoms with Gasteiger partial charge in [0.2, 0.25) is 0 Å². The molecule has 1 aromatic carbocycles. The van der Waals surface area contributed by atoms with E-state index in [4.69, 9.17) is 0 Å². The molecule has 1 nitrogen and oxygen atoms in total. The number of hydrogen-bond donors (Lipinski definition) is 0. The number of hydrogen-bond acceptors (Lipinski definition) is 1. The predicted molar refractivity (Wildman–Crippen MR) is 46.3 cm³/mol. The summed E-state index contributed by atoms with van der Waals surface area (Å²) in [5.74, 6) is 0.